The molecule has 1 aromatic heterocycles. The minimum atomic E-state index is -0.865. The summed E-state index contributed by atoms with van der Waals surface area (Å²) in [6.07, 6.45) is 5.11. The first kappa shape index (κ1) is 18.9. The van der Waals surface area contributed by atoms with Crippen LogP contribution in [0.5, 0.6) is 5.88 Å². The van der Waals surface area contributed by atoms with Gasteiger partial charge in [-0.25, -0.2) is 14.8 Å². The predicted octanol–water partition coefficient (Wildman–Crippen LogP) is 3.72. The molecule has 2 aliphatic rings. The van der Waals surface area contributed by atoms with E-state index in [2.05, 4.69) is 39.3 Å². The molecule has 0 aliphatic carbocycles. The fraction of sp³-hybridized carbons (Fsp3) is 0.450. The fourth-order valence-corrected chi connectivity index (χ4v) is 4.33. The highest BCUT2D eigenvalue weighted by Crippen LogP contribution is 2.38. The Kier molecular flexibility index (Phi) is 5.30. The number of nitrogens with zero attached hydrogens (tertiary/aromatic N) is 4. The topological polar surface area (TPSA) is 78.8 Å². The molecule has 148 valence electrons. The third kappa shape index (κ3) is 3.61. The molecule has 0 atom stereocenters. The van der Waals surface area contributed by atoms with E-state index in [0.29, 0.717) is 31.8 Å². The zero-order chi connectivity index (χ0) is 19.7. The highest BCUT2D eigenvalue weighted by atomic mass is 32.2. The Morgan fingerprint density at radius 2 is 2.04 bits per heavy atom. The number of carboxylic acid groups (broad SMARTS) is 1. The van der Waals surface area contributed by atoms with Crippen molar-refractivity contribution in [1.82, 2.24) is 14.9 Å². The summed E-state index contributed by atoms with van der Waals surface area (Å²) in [6, 6.07) is 6.56. The normalized spacial score (nSPS) is 16.9. The number of ether oxygens (including phenoxy) is 1. The first-order valence-electron chi connectivity index (χ1n) is 9.47. The molecule has 3 heterocycles. The number of thioether (sulfide) groups is 1. The molecule has 0 bridgehead atoms. The van der Waals surface area contributed by atoms with E-state index in [1.807, 2.05) is 6.92 Å². The van der Waals surface area contributed by atoms with E-state index in [0.717, 1.165) is 24.3 Å². The van der Waals surface area contributed by atoms with E-state index in [4.69, 9.17) is 9.84 Å². The second-order valence-electron chi connectivity index (χ2n) is 7.11. The minimum Gasteiger partial charge on any atom is -0.474 e. The van der Waals surface area contributed by atoms with Crippen LogP contribution in [0.1, 0.15) is 24.0 Å². The third-order valence-corrected chi connectivity index (χ3v) is 6.17. The molecule has 8 heteroatoms. The summed E-state index contributed by atoms with van der Waals surface area (Å²) in [5, 5.41) is 9.09. The van der Waals surface area contributed by atoms with Gasteiger partial charge in [0.2, 0.25) is 5.88 Å². The number of rotatable bonds is 4. The van der Waals surface area contributed by atoms with Gasteiger partial charge in [-0.3, -0.25) is 0 Å². The number of anilines is 2. The summed E-state index contributed by atoms with van der Waals surface area (Å²) in [5.41, 5.74) is 3.46. The number of hydrogen-bond donors (Lipinski definition) is 1. The second kappa shape index (κ2) is 7.87. The van der Waals surface area contributed by atoms with Crippen LogP contribution in [0.2, 0.25) is 0 Å². The molecular formula is C20H24N4O3S. The van der Waals surface area contributed by atoms with Crippen LogP contribution in [0.3, 0.4) is 0 Å². The molecule has 1 saturated heterocycles. The molecule has 28 heavy (non-hydrogen) atoms. The summed E-state index contributed by atoms with van der Waals surface area (Å²) in [5.74, 6) is 1.47. The van der Waals surface area contributed by atoms with Gasteiger partial charge in [0.1, 0.15) is 18.2 Å². The van der Waals surface area contributed by atoms with Crippen LogP contribution in [0, 0.1) is 6.92 Å². The summed E-state index contributed by atoms with van der Waals surface area (Å²) in [4.78, 5) is 24.9. The van der Waals surface area contributed by atoms with Crippen molar-refractivity contribution in [2.45, 2.75) is 37.2 Å². The van der Waals surface area contributed by atoms with Gasteiger partial charge in [-0.05, 0) is 43.4 Å². The van der Waals surface area contributed by atoms with Crippen LogP contribution in [-0.2, 0) is 6.42 Å². The maximum absolute atomic E-state index is 11.1. The van der Waals surface area contributed by atoms with Gasteiger partial charge < -0.3 is 19.6 Å². The van der Waals surface area contributed by atoms with Crippen molar-refractivity contribution < 1.29 is 14.6 Å². The Balaban J connectivity index is 1.52. The smallest absolute Gasteiger partial charge is 0.407 e. The lowest BCUT2D eigenvalue weighted by Crippen LogP contribution is -2.41. The maximum atomic E-state index is 11.1. The van der Waals surface area contributed by atoms with Gasteiger partial charge >= 0.3 is 6.09 Å². The Morgan fingerprint density at radius 1 is 1.25 bits per heavy atom. The van der Waals surface area contributed by atoms with Crippen LogP contribution in [0.25, 0.3) is 0 Å². The summed E-state index contributed by atoms with van der Waals surface area (Å²) in [6.45, 7) is 3.87. The molecule has 1 amide bonds. The molecule has 0 spiro atoms. The number of hydrogen-bond acceptors (Lipinski definition) is 6. The van der Waals surface area contributed by atoms with E-state index in [1.165, 1.54) is 21.0 Å². The third-order valence-electron chi connectivity index (χ3n) is 5.44. The first-order chi connectivity index (χ1) is 13.6. The number of carbonyl (C=O) groups is 1. The van der Waals surface area contributed by atoms with Gasteiger partial charge in [-0.15, -0.1) is 11.8 Å². The van der Waals surface area contributed by atoms with Crippen LogP contribution in [0.15, 0.2) is 29.4 Å². The van der Waals surface area contributed by atoms with Gasteiger partial charge in [-0.1, -0.05) is 0 Å². The molecule has 0 saturated carbocycles. The van der Waals surface area contributed by atoms with Crippen LogP contribution in [0.4, 0.5) is 16.3 Å². The quantitative estimate of drug-likeness (QED) is 0.784. The molecular weight excluding hydrogens is 376 g/mol. The fourth-order valence-electron chi connectivity index (χ4n) is 3.86. The zero-order valence-corrected chi connectivity index (χ0v) is 16.9. The van der Waals surface area contributed by atoms with E-state index in [9.17, 15) is 4.79 Å². The standard InChI is InChI=1S/C20H24N4O3S/c1-13-18(24-10-5-14-11-16(28-2)3-4-17(14)24)21-12-22-19(13)27-15-6-8-23(9-7-15)20(25)26/h3-4,11-12,15H,5-10H2,1-2H3,(H,25,26). The Labute approximate surface area is 168 Å². The molecule has 1 aromatic carbocycles. The molecule has 0 unspecified atom stereocenters. The van der Waals surface area contributed by atoms with Gasteiger partial charge in [0.25, 0.3) is 0 Å². The van der Waals surface area contributed by atoms with Gasteiger partial charge in [-0.2, -0.15) is 0 Å². The van der Waals surface area contributed by atoms with Crippen molar-refractivity contribution in [1.29, 1.82) is 0 Å². The monoisotopic (exact) mass is 400 g/mol. The van der Waals surface area contributed by atoms with Crippen LogP contribution >= 0.6 is 11.8 Å². The van der Waals surface area contributed by atoms with Crippen molar-refractivity contribution in [3.63, 3.8) is 0 Å². The molecule has 7 nitrogen and oxygen atoms in total. The highest BCUT2D eigenvalue weighted by Gasteiger charge is 2.27. The first-order valence-corrected chi connectivity index (χ1v) is 10.7. The molecule has 4 rings (SSSR count). The number of benzene rings is 1. The average molecular weight is 401 g/mol. The van der Waals surface area contributed by atoms with Crippen molar-refractivity contribution in [3.8, 4) is 5.88 Å². The zero-order valence-electron chi connectivity index (χ0n) is 16.1. The minimum absolute atomic E-state index is 0.0212. The van der Waals surface area contributed by atoms with Crippen molar-refractivity contribution in [2.24, 2.45) is 0 Å². The summed E-state index contributed by atoms with van der Waals surface area (Å²) in [7, 11) is 0. The highest BCUT2D eigenvalue weighted by molar-refractivity contribution is 7.98. The molecule has 1 N–H and O–H groups in total. The largest absolute Gasteiger partial charge is 0.474 e. The molecule has 1 fully saturated rings. The number of amides is 1. The SMILES string of the molecule is CSc1ccc2c(c1)CCN2c1ncnc(OC2CCN(C(=O)O)CC2)c1C. The van der Waals surface area contributed by atoms with Crippen molar-refractivity contribution in [2.75, 3.05) is 30.8 Å². The summed E-state index contributed by atoms with van der Waals surface area (Å²) < 4.78 is 6.14. The van der Waals surface area contributed by atoms with Crippen molar-refractivity contribution >= 4 is 29.4 Å². The number of aromatic nitrogens is 2. The van der Waals surface area contributed by atoms with Crippen LogP contribution < -0.4 is 9.64 Å². The molecule has 2 aromatic rings. The average Bonchev–Trinajstić information content (AvgIpc) is 3.13. The van der Waals surface area contributed by atoms with E-state index < -0.39 is 6.09 Å². The Bertz CT molecular complexity index is 884. The number of fused-ring (bicyclic) bond motifs is 1. The predicted molar refractivity (Wildman–Crippen MR) is 109 cm³/mol. The maximum Gasteiger partial charge on any atom is 0.407 e. The van der Waals surface area contributed by atoms with E-state index >= 15 is 0 Å². The lowest BCUT2D eigenvalue weighted by Gasteiger charge is -2.30. The number of piperidine rings is 1. The lowest BCUT2D eigenvalue weighted by atomic mass is 10.1. The second-order valence-corrected chi connectivity index (χ2v) is 7.99. The van der Waals surface area contributed by atoms with Gasteiger partial charge in [0, 0.05) is 43.1 Å². The Hall–Kier alpha value is -2.48. The molecule has 0 radical (unpaired) electrons. The van der Waals surface area contributed by atoms with E-state index in [-0.39, 0.29) is 6.10 Å². The Morgan fingerprint density at radius 3 is 2.75 bits per heavy atom. The number of likely N-dealkylation sites (tertiary alicyclic amines) is 1. The lowest BCUT2D eigenvalue weighted by molar-refractivity contribution is 0.0866. The van der Waals surface area contributed by atoms with Gasteiger partial charge in [0.15, 0.2) is 0 Å². The molecule has 2 aliphatic heterocycles. The van der Waals surface area contributed by atoms with Crippen LogP contribution in [-0.4, -0.2) is 58.1 Å². The van der Waals surface area contributed by atoms with Crippen molar-refractivity contribution in [3.05, 3.63) is 35.7 Å². The summed E-state index contributed by atoms with van der Waals surface area (Å²) >= 11 is 1.75. The van der Waals surface area contributed by atoms with E-state index in [1.54, 1.807) is 18.1 Å². The van der Waals surface area contributed by atoms with Gasteiger partial charge in [0.05, 0.1) is 5.56 Å².